The van der Waals surface area contributed by atoms with Crippen molar-refractivity contribution >= 4 is 11.7 Å². The highest BCUT2D eigenvalue weighted by molar-refractivity contribution is 5.89. The Kier molecular flexibility index (Phi) is 6.44. The van der Waals surface area contributed by atoms with Crippen LogP contribution < -0.4 is 9.64 Å². The summed E-state index contributed by atoms with van der Waals surface area (Å²) in [4.78, 5) is 22.4. The third kappa shape index (κ3) is 5.39. The number of carboxylic acids is 1. The van der Waals surface area contributed by atoms with Crippen LogP contribution in [0.2, 0.25) is 0 Å². The Morgan fingerprint density at radius 2 is 1.76 bits per heavy atom. The average molecular weight is 451 g/mol. The Labute approximate surface area is 191 Å². The van der Waals surface area contributed by atoms with E-state index in [0.29, 0.717) is 6.42 Å². The first-order valence-electron chi connectivity index (χ1n) is 10.8. The van der Waals surface area contributed by atoms with E-state index >= 15 is 0 Å². The van der Waals surface area contributed by atoms with Crippen molar-refractivity contribution in [3.63, 3.8) is 0 Å². The highest BCUT2D eigenvalue weighted by Crippen LogP contribution is 2.37. The molecule has 0 unspecified atom stereocenters. The van der Waals surface area contributed by atoms with Crippen molar-refractivity contribution in [2.75, 3.05) is 18.0 Å². The lowest BCUT2D eigenvalue weighted by Gasteiger charge is -2.40. The highest BCUT2D eigenvalue weighted by atomic mass is 19.1. The van der Waals surface area contributed by atoms with Crippen LogP contribution in [0.4, 0.5) is 10.1 Å². The molecule has 1 aliphatic heterocycles. The van der Waals surface area contributed by atoms with Crippen molar-refractivity contribution in [2.24, 2.45) is 5.41 Å². The molecule has 1 fully saturated rings. The number of hydrogen-bond acceptors (Lipinski definition) is 6. The molecular weight excluding hydrogens is 425 g/mol. The van der Waals surface area contributed by atoms with Gasteiger partial charge < -0.3 is 19.8 Å². The summed E-state index contributed by atoms with van der Waals surface area (Å²) in [5, 5.41) is 20.1. The van der Waals surface area contributed by atoms with E-state index in [2.05, 4.69) is 21.8 Å². The predicted molar refractivity (Wildman–Crippen MR) is 121 cm³/mol. The van der Waals surface area contributed by atoms with Gasteiger partial charge >= 0.3 is 5.97 Å². The molecule has 1 saturated heterocycles. The minimum atomic E-state index is -1.28. The number of halogens is 1. The lowest BCUT2D eigenvalue weighted by atomic mass is 9.77. The number of aromatic carboxylic acids is 1. The summed E-state index contributed by atoms with van der Waals surface area (Å²) >= 11 is 0. The van der Waals surface area contributed by atoms with Crippen LogP contribution in [-0.2, 0) is 13.0 Å². The molecule has 33 heavy (non-hydrogen) atoms. The summed E-state index contributed by atoms with van der Waals surface area (Å²) in [5.74, 6) is -1.97. The number of ether oxygens (including phenoxy) is 1. The standard InChI is InChI=1S/C25H26FN3O4/c1-25(11-13-29(14-12-25)19-9-7-18(26)8-10-19)15-20-27-21(24(31)32)22(23(30)28-20)33-16-17-5-3-2-4-6-17/h2-10H,11-16H2,1H3,(H,31,32)(H,27,28,30). The summed E-state index contributed by atoms with van der Waals surface area (Å²) in [6, 6.07) is 15.7. The van der Waals surface area contributed by atoms with Gasteiger partial charge in [-0.3, -0.25) is 0 Å². The van der Waals surface area contributed by atoms with Gasteiger partial charge in [-0.25, -0.2) is 14.2 Å². The van der Waals surface area contributed by atoms with Gasteiger partial charge in [-0.1, -0.05) is 37.3 Å². The average Bonchev–Trinajstić information content (AvgIpc) is 2.80. The van der Waals surface area contributed by atoms with E-state index in [1.807, 2.05) is 30.3 Å². The van der Waals surface area contributed by atoms with E-state index in [4.69, 9.17) is 4.74 Å². The van der Waals surface area contributed by atoms with Gasteiger partial charge in [-0.05, 0) is 48.1 Å². The van der Waals surface area contributed by atoms with Crippen LogP contribution in [0, 0.1) is 11.2 Å². The molecule has 2 heterocycles. The summed E-state index contributed by atoms with van der Waals surface area (Å²) in [6.45, 7) is 3.75. The van der Waals surface area contributed by atoms with Crippen LogP contribution in [0.5, 0.6) is 11.6 Å². The zero-order valence-electron chi connectivity index (χ0n) is 18.4. The molecule has 8 heteroatoms. The fourth-order valence-electron chi connectivity index (χ4n) is 4.09. The number of hydrogen-bond donors (Lipinski definition) is 2. The van der Waals surface area contributed by atoms with E-state index in [1.54, 1.807) is 12.1 Å². The van der Waals surface area contributed by atoms with E-state index in [1.165, 1.54) is 12.1 Å². The van der Waals surface area contributed by atoms with Gasteiger partial charge in [-0.15, -0.1) is 0 Å². The van der Waals surface area contributed by atoms with E-state index in [-0.39, 0.29) is 35.1 Å². The van der Waals surface area contributed by atoms with Gasteiger partial charge in [-0.2, -0.15) is 4.98 Å². The Morgan fingerprint density at radius 1 is 1.09 bits per heavy atom. The minimum absolute atomic E-state index is 0.0916. The van der Waals surface area contributed by atoms with Crippen LogP contribution in [0.1, 0.15) is 41.6 Å². The Balaban J connectivity index is 1.46. The molecule has 0 atom stereocenters. The van der Waals surface area contributed by atoms with Crippen molar-refractivity contribution < 1.29 is 24.1 Å². The first kappa shape index (κ1) is 22.5. The molecule has 0 bridgehead atoms. The topological polar surface area (TPSA) is 95.8 Å². The molecule has 3 aromatic rings. The summed E-state index contributed by atoms with van der Waals surface area (Å²) in [7, 11) is 0. The number of carbonyl (C=O) groups is 1. The van der Waals surface area contributed by atoms with Crippen molar-refractivity contribution in [2.45, 2.75) is 32.8 Å². The number of aromatic hydroxyl groups is 1. The summed E-state index contributed by atoms with van der Waals surface area (Å²) < 4.78 is 18.8. The maximum Gasteiger partial charge on any atom is 0.358 e. The molecule has 0 radical (unpaired) electrons. The van der Waals surface area contributed by atoms with Crippen LogP contribution in [0.25, 0.3) is 0 Å². The number of anilines is 1. The molecule has 7 nitrogen and oxygen atoms in total. The number of aromatic nitrogens is 2. The zero-order valence-corrected chi connectivity index (χ0v) is 18.4. The third-order valence-corrected chi connectivity index (χ3v) is 6.07. The van der Waals surface area contributed by atoms with Gasteiger partial charge in [0.25, 0.3) is 5.88 Å². The number of carboxylic acid groups (broad SMARTS) is 1. The highest BCUT2D eigenvalue weighted by Gasteiger charge is 2.32. The number of rotatable bonds is 7. The monoisotopic (exact) mass is 451 g/mol. The van der Waals surface area contributed by atoms with Crippen LogP contribution in [0.3, 0.4) is 0 Å². The fourth-order valence-corrected chi connectivity index (χ4v) is 4.09. The van der Waals surface area contributed by atoms with Gasteiger partial charge in [0, 0.05) is 25.2 Å². The number of nitrogens with zero attached hydrogens (tertiary/aromatic N) is 3. The van der Waals surface area contributed by atoms with Crippen molar-refractivity contribution in [1.82, 2.24) is 9.97 Å². The van der Waals surface area contributed by atoms with Gasteiger partial charge in [0.1, 0.15) is 18.2 Å². The lowest BCUT2D eigenvalue weighted by Crippen LogP contribution is -2.40. The molecule has 1 aliphatic rings. The first-order valence-corrected chi connectivity index (χ1v) is 10.8. The smallest absolute Gasteiger partial charge is 0.358 e. The second-order valence-corrected chi connectivity index (χ2v) is 8.67. The molecule has 4 rings (SSSR count). The third-order valence-electron chi connectivity index (χ3n) is 6.07. The Morgan fingerprint density at radius 3 is 2.39 bits per heavy atom. The molecule has 0 aliphatic carbocycles. The Hall–Kier alpha value is -3.68. The summed E-state index contributed by atoms with van der Waals surface area (Å²) in [6.07, 6.45) is 2.07. The second-order valence-electron chi connectivity index (χ2n) is 8.67. The van der Waals surface area contributed by atoms with Crippen molar-refractivity contribution in [3.8, 4) is 11.6 Å². The quantitative estimate of drug-likeness (QED) is 0.548. The van der Waals surface area contributed by atoms with Crippen LogP contribution >= 0.6 is 0 Å². The van der Waals surface area contributed by atoms with E-state index in [0.717, 1.165) is 37.2 Å². The van der Waals surface area contributed by atoms with Crippen LogP contribution in [-0.4, -0.2) is 39.2 Å². The first-order chi connectivity index (χ1) is 15.8. The second kappa shape index (κ2) is 9.44. The molecule has 0 spiro atoms. The zero-order chi connectivity index (χ0) is 23.4. The predicted octanol–water partition coefficient (Wildman–Crippen LogP) is 4.45. The molecule has 2 N–H and O–H groups in total. The van der Waals surface area contributed by atoms with Gasteiger partial charge in [0.15, 0.2) is 5.69 Å². The fraction of sp³-hybridized carbons (Fsp3) is 0.320. The van der Waals surface area contributed by atoms with Crippen LogP contribution in [0.15, 0.2) is 54.6 Å². The lowest BCUT2D eigenvalue weighted by molar-refractivity contribution is 0.0682. The number of benzene rings is 2. The number of piperidine rings is 1. The van der Waals surface area contributed by atoms with E-state index < -0.39 is 11.8 Å². The molecule has 172 valence electrons. The molecule has 0 amide bonds. The maximum atomic E-state index is 13.2. The van der Waals surface area contributed by atoms with E-state index in [9.17, 15) is 19.4 Å². The van der Waals surface area contributed by atoms with Crippen molar-refractivity contribution in [3.05, 3.63) is 77.5 Å². The SMILES string of the molecule is CC1(Cc2nc(O)c(OCc3ccccc3)c(C(=O)O)n2)CCN(c2ccc(F)cc2)CC1. The minimum Gasteiger partial charge on any atom is -0.491 e. The van der Waals surface area contributed by atoms with Gasteiger partial charge in [0.05, 0.1) is 0 Å². The Bertz CT molecular complexity index is 1110. The molecular formula is C25H26FN3O4. The normalized spacial score (nSPS) is 15.3. The van der Waals surface area contributed by atoms with Crippen molar-refractivity contribution in [1.29, 1.82) is 0 Å². The largest absolute Gasteiger partial charge is 0.491 e. The molecule has 2 aromatic carbocycles. The maximum absolute atomic E-state index is 13.2. The molecule has 1 aromatic heterocycles. The molecule has 0 saturated carbocycles. The summed E-state index contributed by atoms with van der Waals surface area (Å²) in [5.41, 5.74) is 1.30. The van der Waals surface area contributed by atoms with Gasteiger partial charge in [0.2, 0.25) is 5.75 Å².